The monoisotopic (exact) mass is 173 g/mol. The van der Waals surface area contributed by atoms with E-state index in [-0.39, 0.29) is 18.8 Å². The van der Waals surface area contributed by atoms with Gasteiger partial charge in [0.15, 0.2) is 0 Å². The molecule has 2 saturated heterocycles. The summed E-state index contributed by atoms with van der Waals surface area (Å²) >= 11 is 0. The average molecular weight is 173 g/mol. The summed E-state index contributed by atoms with van der Waals surface area (Å²) in [6.45, 7) is 2.46. The van der Waals surface area contributed by atoms with Crippen molar-refractivity contribution < 1.29 is 14.9 Å². The van der Waals surface area contributed by atoms with Gasteiger partial charge in [0.2, 0.25) is 0 Å². The van der Waals surface area contributed by atoms with E-state index < -0.39 is 11.7 Å². The van der Waals surface area contributed by atoms with Crippen molar-refractivity contribution in [3.05, 3.63) is 0 Å². The van der Waals surface area contributed by atoms with Crippen molar-refractivity contribution in [3.63, 3.8) is 0 Å². The van der Waals surface area contributed by atoms with Crippen LogP contribution in [0.25, 0.3) is 0 Å². The topological polar surface area (TPSA) is 52.9 Å². The molecule has 1 unspecified atom stereocenters. The number of aliphatic hydroxyl groups excluding tert-OH is 2. The summed E-state index contributed by atoms with van der Waals surface area (Å²) in [5, 5.41) is 18.9. The van der Waals surface area contributed by atoms with Gasteiger partial charge in [0.05, 0.1) is 18.8 Å². The molecule has 0 aromatic carbocycles. The first kappa shape index (κ1) is 8.44. The van der Waals surface area contributed by atoms with Gasteiger partial charge in [0.1, 0.15) is 11.7 Å². The molecule has 0 aromatic rings. The molecule has 4 nitrogen and oxygen atoms in total. The molecule has 2 N–H and O–H groups in total. The van der Waals surface area contributed by atoms with Crippen LogP contribution < -0.4 is 0 Å². The van der Waals surface area contributed by atoms with E-state index in [1.165, 1.54) is 0 Å². The zero-order valence-corrected chi connectivity index (χ0v) is 7.40. The summed E-state index contributed by atoms with van der Waals surface area (Å²) in [5.74, 6) is 0. The minimum Gasteiger partial charge on any atom is -0.393 e. The number of ether oxygens (including phenoxy) is 1. The molecule has 4 atom stereocenters. The smallest absolute Gasteiger partial charge is 0.131 e. The van der Waals surface area contributed by atoms with Gasteiger partial charge in [-0.3, -0.25) is 4.90 Å². The maximum absolute atomic E-state index is 9.79. The van der Waals surface area contributed by atoms with Gasteiger partial charge >= 0.3 is 0 Å². The molecule has 0 amide bonds. The molecule has 2 aliphatic rings. The van der Waals surface area contributed by atoms with Crippen LogP contribution in [-0.4, -0.2) is 59.2 Å². The zero-order chi connectivity index (χ0) is 8.93. The third-order valence-electron chi connectivity index (χ3n) is 3.06. The van der Waals surface area contributed by atoms with Crippen molar-refractivity contribution in [2.45, 2.75) is 30.8 Å². The summed E-state index contributed by atoms with van der Waals surface area (Å²) in [6, 6.07) is 0.0529. The maximum atomic E-state index is 9.79. The van der Waals surface area contributed by atoms with Crippen LogP contribution in [0.2, 0.25) is 0 Å². The van der Waals surface area contributed by atoms with Crippen LogP contribution in [-0.2, 0) is 4.74 Å². The molecule has 2 rings (SSSR count). The van der Waals surface area contributed by atoms with E-state index in [0.29, 0.717) is 6.54 Å². The summed E-state index contributed by atoms with van der Waals surface area (Å²) in [6.07, 6.45) is -0.520. The zero-order valence-electron chi connectivity index (χ0n) is 7.40. The normalized spacial score (nSPS) is 53.5. The Kier molecular flexibility index (Phi) is 1.70. The van der Waals surface area contributed by atoms with Crippen LogP contribution in [0, 0.1) is 0 Å². The van der Waals surface area contributed by atoms with Crippen LogP contribution >= 0.6 is 0 Å². The van der Waals surface area contributed by atoms with Gasteiger partial charge in [0, 0.05) is 6.54 Å². The van der Waals surface area contributed by atoms with Gasteiger partial charge in [-0.05, 0) is 14.0 Å². The molecule has 0 saturated carbocycles. The van der Waals surface area contributed by atoms with Crippen molar-refractivity contribution in [2.75, 3.05) is 20.2 Å². The molecule has 0 aliphatic carbocycles. The molecule has 12 heavy (non-hydrogen) atoms. The Morgan fingerprint density at radius 3 is 2.67 bits per heavy atom. The van der Waals surface area contributed by atoms with Crippen molar-refractivity contribution in [1.29, 1.82) is 0 Å². The molecule has 0 aromatic heterocycles. The molecule has 2 bridgehead atoms. The average Bonchev–Trinajstić information content (AvgIpc) is 2.37. The number of hydrogen-bond acceptors (Lipinski definition) is 4. The highest BCUT2D eigenvalue weighted by atomic mass is 16.6. The molecular weight excluding hydrogens is 158 g/mol. The fourth-order valence-electron chi connectivity index (χ4n) is 2.52. The highest BCUT2D eigenvalue weighted by Gasteiger charge is 2.60. The predicted molar refractivity (Wildman–Crippen MR) is 42.8 cm³/mol. The van der Waals surface area contributed by atoms with Gasteiger partial charge in [-0.1, -0.05) is 0 Å². The SMILES string of the molecule is C[C@@H]1O[C@@]2(CO)CN(C)[C@H]1C2O. The van der Waals surface area contributed by atoms with Gasteiger partial charge < -0.3 is 14.9 Å². The summed E-state index contributed by atoms with van der Waals surface area (Å²) < 4.78 is 5.54. The van der Waals surface area contributed by atoms with Crippen molar-refractivity contribution in [1.82, 2.24) is 4.90 Å². The Morgan fingerprint density at radius 1 is 1.67 bits per heavy atom. The lowest BCUT2D eigenvalue weighted by Crippen LogP contribution is -2.47. The molecule has 4 heteroatoms. The van der Waals surface area contributed by atoms with E-state index in [1.54, 1.807) is 0 Å². The Labute approximate surface area is 71.7 Å². The van der Waals surface area contributed by atoms with Gasteiger partial charge in [-0.25, -0.2) is 0 Å². The maximum Gasteiger partial charge on any atom is 0.131 e. The molecular formula is C8H15NO3. The van der Waals surface area contributed by atoms with Crippen LogP contribution in [0.3, 0.4) is 0 Å². The first-order chi connectivity index (χ1) is 5.60. The van der Waals surface area contributed by atoms with Gasteiger partial charge in [-0.15, -0.1) is 0 Å². The van der Waals surface area contributed by atoms with E-state index in [4.69, 9.17) is 9.84 Å². The number of nitrogens with zero attached hydrogens (tertiary/aromatic N) is 1. The van der Waals surface area contributed by atoms with E-state index >= 15 is 0 Å². The number of likely N-dealkylation sites (tertiary alicyclic amines) is 1. The summed E-state index contributed by atoms with van der Waals surface area (Å²) in [7, 11) is 1.95. The quantitative estimate of drug-likeness (QED) is 0.523. The van der Waals surface area contributed by atoms with Crippen LogP contribution in [0.15, 0.2) is 0 Å². The number of morpholine rings is 1. The molecule has 0 spiro atoms. The second-order valence-corrected chi connectivity index (χ2v) is 3.90. The van der Waals surface area contributed by atoms with Crippen LogP contribution in [0.1, 0.15) is 6.92 Å². The highest BCUT2D eigenvalue weighted by molar-refractivity contribution is 5.12. The predicted octanol–water partition coefficient (Wildman–Crippen LogP) is -1.19. The van der Waals surface area contributed by atoms with Gasteiger partial charge in [-0.2, -0.15) is 0 Å². The Morgan fingerprint density at radius 2 is 2.33 bits per heavy atom. The largest absolute Gasteiger partial charge is 0.393 e. The fraction of sp³-hybridized carbons (Fsp3) is 1.00. The van der Waals surface area contributed by atoms with E-state index in [1.807, 2.05) is 14.0 Å². The van der Waals surface area contributed by atoms with Crippen LogP contribution in [0.5, 0.6) is 0 Å². The second-order valence-electron chi connectivity index (χ2n) is 3.90. The lowest BCUT2D eigenvalue weighted by atomic mass is 10.0. The molecule has 2 aliphatic heterocycles. The minimum atomic E-state index is -0.709. The van der Waals surface area contributed by atoms with Crippen molar-refractivity contribution >= 4 is 0 Å². The van der Waals surface area contributed by atoms with Crippen molar-refractivity contribution in [3.8, 4) is 0 Å². The Hall–Kier alpha value is -0.160. The number of hydrogen-bond donors (Lipinski definition) is 2. The third kappa shape index (κ3) is 0.808. The summed E-state index contributed by atoms with van der Waals surface area (Å²) in [4.78, 5) is 2.05. The Bertz CT molecular complexity index is 185. The molecule has 0 radical (unpaired) electrons. The number of fused-ring (bicyclic) bond motifs is 2. The van der Waals surface area contributed by atoms with Crippen LogP contribution in [0.4, 0.5) is 0 Å². The summed E-state index contributed by atoms with van der Waals surface area (Å²) in [5.41, 5.74) is -0.709. The second kappa shape index (κ2) is 2.42. The van der Waals surface area contributed by atoms with Crippen molar-refractivity contribution in [2.24, 2.45) is 0 Å². The first-order valence-electron chi connectivity index (χ1n) is 4.28. The lowest BCUT2D eigenvalue weighted by molar-refractivity contribution is -0.121. The van der Waals surface area contributed by atoms with E-state index in [9.17, 15) is 5.11 Å². The number of likely N-dealkylation sites (N-methyl/N-ethyl adjacent to an activating group) is 1. The standard InChI is InChI=1S/C8H15NO3/c1-5-6-7(11)8(4-10,12-5)3-9(6)2/h5-7,10-11H,3-4H2,1-2H3/t5-,6+,7?,8+/m0/s1. The molecule has 2 fully saturated rings. The van der Waals surface area contributed by atoms with E-state index in [0.717, 1.165) is 0 Å². The number of aliphatic hydroxyl groups is 2. The van der Waals surface area contributed by atoms with E-state index in [2.05, 4.69) is 4.90 Å². The lowest BCUT2D eigenvalue weighted by Gasteiger charge is -2.32. The molecule has 70 valence electrons. The fourth-order valence-corrected chi connectivity index (χ4v) is 2.52. The van der Waals surface area contributed by atoms with Gasteiger partial charge in [0.25, 0.3) is 0 Å². The molecule has 2 heterocycles. The third-order valence-corrected chi connectivity index (χ3v) is 3.06. The highest BCUT2D eigenvalue weighted by Crippen LogP contribution is 2.40. The Balaban J connectivity index is 2.28. The minimum absolute atomic E-state index is 0.0194. The number of rotatable bonds is 1. The first-order valence-corrected chi connectivity index (χ1v) is 4.28.